The summed E-state index contributed by atoms with van der Waals surface area (Å²) >= 11 is 0. The molecule has 2 rings (SSSR count). The van der Waals surface area contributed by atoms with Gasteiger partial charge >= 0.3 is 0 Å². The lowest BCUT2D eigenvalue weighted by Crippen LogP contribution is -2.25. The number of carbonyl (C=O) groups is 1. The molecule has 0 radical (unpaired) electrons. The van der Waals surface area contributed by atoms with Crippen LogP contribution in [0.25, 0.3) is 0 Å². The van der Waals surface area contributed by atoms with E-state index >= 15 is 0 Å². The van der Waals surface area contributed by atoms with Gasteiger partial charge in [-0.15, -0.1) is 0 Å². The topological polar surface area (TPSA) is 37.3 Å². The Labute approximate surface area is 85.7 Å². The number of hydrogen-bond donors (Lipinski definition) is 1. The van der Waals surface area contributed by atoms with Gasteiger partial charge in [0.25, 0.3) is 0 Å². The summed E-state index contributed by atoms with van der Waals surface area (Å²) in [6.45, 7) is 1.99. The standard InChI is InChI=1S/C12H20O2/c1-8(14)6-12-10-3-2-9(7-10)11(12)4-5-13/h9-13H,2-7H2,1H3/t9-,10-,11-,12+/m0/s1. The zero-order valence-corrected chi connectivity index (χ0v) is 8.91. The molecule has 0 heterocycles. The van der Waals surface area contributed by atoms with E-state index in [1.807, 2.05) is 0 Å². The maximum Gasteiger partial charge on any atom is 0.130 e. The first kappa shape index (κ1) is 10.2. The highest BCUT2D eigenvalue weighted by molar-refractivity contribution is 5.75. The van der Waals surface area contributed by atoms with Crippen LogP contribution in [0.5, 0.6) is 0 Å². The van der Waals surface area contributed by atoms with E-state index in [0.29, 0.717) is 24.2 Å². The van der Waals surface area contributed by atoms with E-state index in [2.05, 4.69) is 0 Å². The number of fused-ring (bicyclic) bond motifs is 2. The molecular weight excluding hydrogens is 176 g/mol. The molecule has 0 aromatic carbocycles. The lowest BCUT2D eigenvalue weighted by atomic mass is 9.75. The molecule has 80 valence electrons. The summed E-state index contributed by atoms with van der Waals surface area (Å²) in [5.74, 6) is 3.17. The summed E-state index contributed by atoms with van der Waals surface area (Å²) in [6.07, 6.45) is 5.65. The number of rotatable bonds is 4. The number of aliphatic hydroxyl groups is 1. The monoisotopic (exact) mass is 196 g/mol. The molecule has 1 N–H and O–H groups in total. The van der Waals surface area contributed by atoms with Crippen LogP contribution in [0.4, 0.5) is 0 Å². The van der Waals surface area contributed by atoms with Crippen molar-refractivity contribution >= 4 is 5.78 Å². The highest BCUT2D eigenvalue weighted by atomic mass is 16.3. The first-order chi connectivity index (χ1) is 6.72. The van der Waals surface area contributed by atoms with Gasteiger partial charge in [0.05, 0.1) is 0 Å². The second-order valence-corrected chi connectivity index (χ2v) is 5.08. The second-order valence-electron chi connectivity index (χ2n) is 5.08. The van der Waals surface area contributed by atoms with Crippen molar-refractivity contribution in [3.05, 3.63) is 0 Å². The van der Waals surface area contributed by atoms with Crippen molar-refractivity contribution in [3.8, 4) is 0 Å². The molecule has 0 spiro atoms. The van der Waals surface area contributed by atoms with E-state index in [9.17, 15) is 4.79 Å². The molecule has 0 unspecified atom stereocenters. The van der Waals surface area contributed by atoms with Crippen LogP contribution in [0.3, 0.4) is 0 Å². The number of carbonyl (C=O) groups excluding carboxylic acids is 1. The largest absolute Gasteiger partial charge is 0.396 e. The van der Waals surface area contributed by atoms with Crippen molar-refractivity contribution in [2.75, 3.05) is 6.61 Å². The number of aliphatic hydroxyl groups excluding tert-OH is 1. The van der Waals surface area contributed by atoms with Crippen molar-refractivity contribution in [3.63, 3.8) is 0 Å². The molecule has 0 aromatic rings. The van der Waals surface area contributed by atoms with Gasteiger partial charge in [-0.25, -0.2) is 0 Å². The Bertz CT molecular complexity index is 224. The highest BCUT2D eigenvalue weighted by Crippen LogP contribution is 2.54. The molecule has 2 aliphatic carbocycles. The fourth-order valence-corrected chi connectivity index (χ4v) is 3.78. The maximum absolute atomic E-state index is 11.2. The van der Waals surface area contributed by atoms with Crippen molar-refractivity contribution in [1.82, 2.24) is 0 Å². The lowest BCUT2D eigenvalue weighted by Gasteiger charge is -2.30. The molecule has 2 heteroatoms. The minimum absolute atomic E-state index is 0.294. The third-order valence-electron chi connectivity index (χ3n) is 4.26. The Hall–Kier alpha value is -0.370. The summed E-state index contributed by atoms with van der Waals surface area (Å²) in [7, 11) is 0. The van der Waals surface area contributed by atoms with Crippen LogP contribution in [0.2, 0.25) is 0 Å². The minimum atomic E-state index is 0.294. The van der Waals surface area contributed by atoms with Crippen LogP contribution in [0, 0.1) is 23.7 Å². The van der Waals surface area contributed by atoms with E-state index in [1.165, 1.54) is 19.3 Å². The van der Waals surface area contributed by atoms with Crippen molar-refractivity contribution < 1.29 is 9.90 Å². The van der Waals surface area contributed by atoms with E-state index in [1.54, 1.807) is 6.92 Å². The van der Waals surface area contributed by atoms with Crippen LogP contribution >= 0.6 is 0 Å². The predicted octanol–water partition coefficient (Wildman–Crippen LogP) is 2.01. The zero-order valence-electron chi connectivity index (χ0n) is 8.91. The Kier molecular flexibility index (Phi) is 2.91. The Morgan fingerprint density at radius 2 is 1.93 bits per heavy atom. The predicted molar refractivity (Wildman–Crippen MR) is 54.8 cm³/mol. The molecule has 0 aromatic heterocycles. The molecule has 2 bridgehead atoms. The zero-order chi connectivity index (χ0) is 10.1. The van der Waals surface area contributed by atoms with Gasteiger partial charge in [0.1, 0.15) is 5.78 Å². The molecule has 0 amide bonds. The van der Waals surface area contributed by atoms with Gasteiger partial charge in [0, 0.05) is 13.0 Å². The highest BCUT2D eigenvalue weighted by Gasteiger charge is 2.46. The summed E-state index contributed by atoms with van der Waals surface area (Å²) in [6, 6.07) is 0. The third-order valence-corrected chi connectivity index (χ3v) is 4.26. The molecule has 4 atom stereocenters. The van der Waals surface area contributed by atoms with Gasteiger partial charge in [0.2, 0.25) is 0 Å². The van der Waals surface area contributed by atoms with Gasteiger partial charge in [-0.1, -0.05) is 0 Å². The minimum Gasteiger partial charge on any atom is -0.396 e. The lowest BCUT2D eigenvalue weighted by molar-refractivity contribution is -0.118. The summed E-state index contributed by atoms with van der Waals surface area (Å²) in [5, 5.41) is 9.02. The van der Waals surface area contributed by atoms with Crippen LogP contribution < -0.4 is 0 Å². The van der Waals surface area contributed by atoms with Crippen molar-refractivity contribution in [2.45, 2.75) is 39.0 Å². The summed E-state index contributed by atoms with van der Waals surface area (Å²) in [4.78, 5) is 11.2. The first-order valence-corrected chi connectivity index (χ1v) is 5.82. The first-order valence-electron chi connectivity index (χ1n) is 5.82. The smallest absolute Gasteiger partial charge is 0.130 e. The van der Waals surface area contributed by atoms with Crippen LogP contribution in [0.15, 0.2) is 0 Å². The van der Waals surface area contributed by atoms with Crippen LogP contribution in [0.1, 0.15) is 39.0 Å². The summed E-state index contributed by atoms with van der Waals surface area (Å²) in [5.41, 5.74) is 0. The maximum atomic E-state index is 11.2. The van der Waals surface area contributed by atoms with Crippen molar-refractivity contribution in [1.29, 1.82) is 0 Å². The normalized spacial score (nSPS) is 40.4. The van der Waals surface area contributed by atoms with E-state index in [-0.39, 0.29) is 0 Å². The molecular formula is C12H20O2. The molecule has 2 saturated carbocycles. The number of hydrogen-bond acceptors (Lipinski definition) is 2. The van der Waals surface area contributed by atoms with Gasteiger partial charge in [-0.05, 0) is 56.3 Å². The van der Waals surface area contributed by atoms with Crippen LogP contribution in [-0.2, 0) is 4.79 Å². The Morgan fingerprint density at radius 3 is 2.50 bits per heavy atom. The van der Waals surface area contributed by atoms with Gasteiger partial charge in [-0.3, -0.25) is 0 Å². The number of Topliss-reactive ketones (excluding diaryl/α,β-unsaturated/α-hetero) is 1. The van der Waals surface area contributed by atoms with Crippen LogP contribution in [-0.4, -0.2) is 17.5 Å². The van der Waals surface area contributed by atoms with Crippen molar-refractivity contribution in [2.24, 2.45) is 23.7 Å². The van der Waals surface area contributed by atoms with Gasteiger partial charge < -0.3 is 9.90 Å². The fourth-order valence-electron chi connectivity index (χ4n) is 3.78. The molecule has 2 nitrogen and oxygen atoms in total. The SMILES string of the molecule is CC(=O)C[C@@H]1[C@H]2CC[C@@H](C2)[C@@H]1CCO. The molecule has 0 aliphatic heterocycles. The average Bonchev–Trinajstić information content (AvgIpc) is 2.68. The van der Waals surface area contributed by atoms with Gasteiger partial charge in [-0.2, -0.15) is 0 Å². The van der Waals surface area contributed by atoms with E-state index < -0.39 is 0 Å². The molecule has 14 heavy (non-hydrogen) atoms. The molecule has 2 fully saturated rings. The average molecular weight is 196 g/mol. The third kappa shape index (κ3) is 1.72. The fraction of sp³-hybridized carbons (Fsp3) is 0.917. The molecule has 0 saturated heterocycles. The van der Waals surface area contributed by atoms with E-state index in [4.69, 9.17) is 5.11 Å². The quantitative estimate of drug-likeness (QED) is 0.746. The summed E-state index contributed by atoms with van der Waals surface area (Å²) < 4.78 is 0. The Morgan fingerprint density at radius 1 is 1.29 bits per heavy atom. The van der Waals surface area contributed by atoms with Gasteiger partial charge in [0.15, 0.2) is 0 Å². The van der Waals surface area contributed by atoms with E-state index in [0.717, 1.165) is 24.7 Å². The second kappa shape index (κ2) is 4.01. The molecule has 2 aliphatic rings. The number of ketones is 1. The Balaban J connectivity index is 2.01.